The van der Waals surface area contributed by atoms with Crippen molar-refractivity contribution < 1.29 is 14.3 Å². The van der Waals surface area contributed by atoms with Crippen LogP contribution in [0.5, 0.6) is 0 Å². The van der Waals surface area contributed by atoms with Crippen molar-refractivity contribution in [3.63, 3.8) is 0 Å². The maximum Gasteiger partial charge on any atom is 0.417 e. The summed E-state index contributed by atoms with van der Waals surface area (Å²) in [5.74, 6) is 0.192. The zero-order valence-electron chi connectivity index (χ0n) is 11.8. The van der Waals surface area contributed by atoms with Gasteiger partial charge in [-0.2, -0.15) is 0 Å². The smallest absolute Gasteiger partial charge is 0.417 e. The lowest BCUT2D eigenvalue weighted by molar-refractivity contribution is -0.140. The average molecular weight is 273 g/mol. The molecule has 2 aliphatic heterocycles. The Bertz CT molecular complexity index is 528. The molecule has 2 fully saturated rings. The van der Waals surface area contributed by atoms with Gasteiger partial charge < -0.3 is 4.74 Å². The highest BCUT2D eigenvalue weighted by atomic mass is 16.6. The number of fused-ring (bicyclic) bond motifs is 1. The largest absolute Gasteiger partial charge is 0.447 e. The third-order valence-corrected chi connectivity index (χ3v) is 4.70. The average Bonchev–Trinajstić information content (AvgIpc) is 2.83. The van der Waals surface area contributed by atoms with E-state index in [9.17, 15) is 9.59 Å². The first-order valence-electron chi connectivity index (χ1n) is 7.20. The zero-order chi connectivity index (χ0) is 14.3. The molecule has 0 aliphatic carbocycles. The molecule has 4 atom stereocenters. The molecule has 2 aliphatic rings. The predicted molar refractivity (Wildman–Crippen MR) is 74.1 cm³/mol. The van der Waals surface area contributed by atoms with Crippen LogP contribution in [-0.2, 0) is 9.53 Å². The SMILES string of the molecule is CCC1C(=O)N2C(=O)OC[C@@H]2C(c2ccccc2)C1C. The van der Waals surface area contributed by atoms with Crippen LogP contribution >= 0.6 is 0 Å². The number of imide groups is 1. The lowest BCUT2D eigenvalue weighted by Crippen LogP contribution is -2.54. The number of nitrogens with zero attached hydrogens (tertiary/aromatic N) is 1. The third-order valence-electron chi connectivity index (χ3n) is 4.70. The second kappa shape index (κ2) is 4.93. The number of hydrogen-bond acceptors (Lipinski definition) is 3. The van der Waals surface area contributed by atoms with Gasteiger partial charge in [0.25, 0.3) is 0 Å². The molecule has 106 valence electrons. The van der Waals surface area contributed by atoms with Crippen molar-refractivity contribution in [1.29, 1.82) is 0 Å². The van der Waals surface area contributed by atoms with Gasteiger partial charge in [0.05, 0.1) is 6.04 Å². The van der Waals surface area contributed by atoms with Crippen LogP contribution in [0.4, 0.5) is 4.79 Å². The first kappa shape index (κ1) is 13.2. The van der Waals surface area contributed by atoms with E-state index in [1.54, 1.807) is 0 Å². The van der Waals surface area contributed by atoms with Gasteiger partial charge >= 0.3 is 6.09 Å². The Morgan fingerprint density at radius 2 is 1.95 bits per heavy atom. The summed E-state index contributed by atoms with van der Waals surface area (Å²) >= 11 is 0. The van der Waals surface area contributed by atoms with Crippen LogP contribution in [0.2, 0.25) is 0 Å². The van der Waals surface area contributed by atoms with Gasteiger partial charge in [-0.3, -0.25) is 4.79 Å². The van der Waals surface area contributed by atoms with Gasteiger partial charge in [0.15, 0.2) is 0 Å². The number of carbonyl (C=O) groups is 2. The Kier molecular flexibility index (Phi) is 3.24. The molecule has 4 heteroatoms. The monoisotopic (exact) mass is 273 g/mol. The van der Waals surface area contributed by atoms with E-state index in [0.29, 0.717) is 6.61 Å². The van der Waals surface area contributed by atoms with E-state index in [4.69, 9.17) is 4.74 Å². The van der Waals surface area contributed by atoms with Crippen molar-refractivity contribution in [1.82, 2.24) is 4.90 Å². The highest BCUT2D eigenvalue weighted by Gasteiger charge is 2.52. The van der Waals surface area contributed by atoms with Gasteiger partial charge in [0, 0.05) is 11.8 Å². The summed E-state index contributed by atoms with van der Waals surface area (Å²) in [6.07, 6.45) is 0.270. The maximum atomic E-state index is 12.5. The molecular formula is C16H19NO3. The van der Waals surface area contributed by atoms with Crippen molar-refractivity contribution in [3.8, 4) is 0 Å². The zero-order valence-corrected chi connectivity index (χ0v) is 11.8. The summed E-state index contributed by atoms with van der Waals surface area (Å²) in [5, 5.41) is 0. The summed E-state index contributed by atoms with van der Waals surface area (Å²) < 4.78 is 5.13. The van der Waals surface area contributed by atoms with Gasteiger partial charge in [0.2, 0.25) is 5.91 Å². The molecule has 20 heavy (non-hydrogen) atoms. The van der Waals surface area contributed by atoms with E-state index in [-0.39, 0.29) is 29.7 Å². The van der Waals surface area contributed by atoms with Crippen LogP contribution in [-0.4, -0.2) is 29.5 Å². The molecule has 2 heterocycles. The molecule has 0 aromatic heterocycles. The fourth-order valence-corrected chi connectivity index (χ4v) is 3.71. The summed E-state index contributed by atoms with van der Waals surface area (Å²) in [7, 11) is 0. The molecular weight excluding hydrogens is 254 g/mol. The van der Waals surface area contributed by atoms with E-state index in [1.165, 1.54) is 10.5 Å². The molecule has 0 bridgehead atoms. The van der Waals surface area contributed by atoms with Crippen LogP contribution < -0.4 is 0 Å². The Hall–Kier alpha value is -1.84. The van der Waals surface area contributed by atoms with Crippen molar-refractivity contribution >= 4 is 12.0 Å². The second-order valence-corrected chi connectivity index (χ2v) is 5.66. The maximum absolute atomic E-state index is 12.5. The molecule has 0 N–H and O–H groups in total. The molecule has 1 aromatic rings. The van der Waals surface area contributed by atoms with E-state index < -0.39 is 6.09 Å². The van der Waals surface area contributed by atoms with Gasteiger partial charge in [-0.05, 0) is 17.9 Å². The quantitative estimate of drug-likeness (QED) is 0.832. The number of benzene rings is 1. The van der Waals surface area contributed by atoms with Gasteiger partial charge in [-0.15, -0.1) is 0 Å². The normalized spacial score (nSPS) is 33.0. The Morgan fingerprint density at radius 3 is 2.60 bits per heavy atom. The van der Waals surface area contributed by atoms with E-state index in [1.807, 2.05) is 25.1 Å². The number of amides is 2. The standard InChI is InChI=1S/C16H19NO3/c1-3-12-10(2)14(11-7-5-4-6-8-11)13-9-20-16(19)17(13)15(12)18/h4-8,10,12-14H,3,9H2,1-2H3/t10?,12?,13-,14?/m1/s1. The van der Waals surface area contributed by atoms with Crippen molar-refractivity contribution in [3.05, 3.63) is 35.9 Å². The van der Waals surface area contributed by atoms with E-state index in [2.05, 4.69) is 19.1 Å². The molecule has 0 saturated carbocycles. The molecule has 0 spiro atoms. The van der Waals surface area contributed by atoms with Crippen LogP contribution in [0.15, 0.2) is 30.3 Å². The minimum Gasteiger partial charge on any atom is -0.447 e. The summed E-state index contributed by atoms with van der Waals surface area (Å²) in [6.45, 7) is 4.43. The minimum atomic E-state index is -0.480. The minimum absolute atomic E-state index is 0.0697. The van der Waals surface area contributed by atoms with Gasteiger partial charge in [-0.25, -0.2) is 9.69 Å². The molecule has 2 saturated heterocycles. The first-order valence-corrected chi connectivity index (χ1v) is 7.20. The summed E-state index contributed by atoms with van der Waals surface area (Å²) in [5.41, 5.74) is 1.18. The summed E-state index contributed by atoms with van der Waals surface area (Å²) in [4.78, 5) is 25.7. The van der Waals surface area contributed by atoms with Crippen molar-refractivity contribution in [2.45, 2.75) is 32.2 Å². The van der Waals surface area contributed by atoms with Crippen LogP contribution in [0.3, 0.4) is 0 Å². The first-order chi connectivity index (χ1) is 9.65. The van der Waals surface area contributed by atoms with E-state index in [0.717, 1.165) is 6.42 Å². The molecule has 2 amide bonds. The Labute approximate surface area is 118 Å². The lowest BCUT2D eigenvalue weighted by Gasteiger charge is -2.42. The third kappa shape index (κ3) is 1.82. The van der Waals surface area contributed by atoms with Crippen molar-refractivity contribution in [2.75, 3.05) is 6.61 Å². The lowest BCUT2D eigenvalue weighted by atomic mass is 9.70. The van der Waals surface area contributed by atoms with Crippen LogP contribution in [0, 0.1) is 11.8 Å². The molecule has 0 radical (unpaired) electrons. The molecule has 4 nitrogen and oxygen atoms in total. The highest BCUT2D eigenvalue weighted by Crippen LogP contribution is 2.44. The van der Waals surface area contributed by atoms with Crippen LogP contribution in [0.1, 0.15) is 31.7 Å². The van der Waals surface area contributed by atoms with E-state index >= 15 is 0 Å². The summed E-state index contributed by atoms with van der Waals surface area (Å²) in [6, 6.07) is 9.97. The topological polar surface area (TPSA) is 46.6 Å². The Balaban J connectivity index is 2.03. The number of ether oxygens (including phenoxy) is 1. The number of cyclic esters (lactones) is 1. The number of carbonyl (C=O) groups excluding carboxylic acids is 2. The number of piperidine rings is 1. The van der Waals surface area contributed by atoms with Crippen molar-refractivity contribution in [2.24, 2.45) is 11.8 Å². The highest BCUT2D eigenvalue weighted by molar-refractivity contribution is 5.96. The molecule has 3 rings (SSSR count). The fourth-order valence-electron chi connectivity index (χ4n) is 3.71. The Morgan fingerprint density at radius 1 is 1.25 bits per heavy atom. The predicted octanol–water partition coefficient (Wildman–Crippen LogP) is 2.79. The van der Waals surface area contributed by atoms with Gasteiger partial charge in [-0.1, -0.05) is 44.2 Å². The number of rotatable bonds is 2. The van der Waals surface area contributed by atoms with Crippen LogP contribution in [0.25, 0.3) is 0 Å². The van der Waals surface area contributed by atoms with Gasteiger partial charge in [0.1, 0.15) is 6.61 Å². The fraction of sp³-hybridized carbons (Fsp3) is 0.500. The number of hydrogen-bond donors (Lipinski definition) is 0. The molecule has 1 aromatic carbocycles. The second-order valence-electron chi connectivity index (χ2n) is 5.66. The molecule has 3 unspecified atom stereocenters.